The first-order valence-corrected chi connectivity index (χ1v) is 9.79. The summed E-state index contributed by atoms with van der Waals surface area (Å²) in [6.45, 7) is 8.51. The van der Waals surface area contributed by atoms with Crippen LogP contribution in [0.4, 0.5) is 0 Å². The fraction of sp³-hybridized carbons (Fsp3) is 0.412. The third-order valence-corrected chi connectivity index (χ3v) is 5.21. The van der Waals surface area contributed by atoms with Crippen LogP contribution in [0.15, 0.2) is 33.6 Å². The molecular weight excluding hydrogens is 324 g/mol. The number of aromatic nitrogens is 1. The van der Waals surface area contributed by atoms with Crippen LogP contribution in [0.25, 0.3) is 0 Å². The molecule has 2 aromatic rings. The number of benzene rings is 1. The number of hydrogen-bond donors (Lipinski definition) is 2. The monoisotopic (exact) mass is 348 g/mol. The lowest BCUT2D eigenvalue weighted by atomic mass is 10.1. The van der Waals surface area contributed by atoms with Crippen LogP contribution >= 0.6 is 23.1 Å². The van der Waals surface area contributed by atoms with Crippen LogP contribution in [0.5, 0.6) is 0 Å². The minimum Gasteiger partial charge on any atom is -0.357 e. The molecule has 0 saturated carbocycles. The molecule has 1 aromatic heterocycles. The van der Waals surface area contributed by atoms with Gasteiger partial charge in [0, 0.05) is 16.3 Å². The van der Waals surface area contributed by atoms with Gasteiger partial charge in [0.25, 0.3) is 0 Å². The van der Waals surface area contributed by atoms with Crippen molar-refractivity contribution in [2.75, 3.05) is 12.8 Å². The number of aryl methyl sites for hydroxylation is 2. The molecule has 6 heteroatoms. The molecule has 0 aliphatic carbocycles. The van der Waals surface area contributed by atoms with Crippen LogP contribution in [-0.2, 0) is 13.1 Å². The molecular formula is C17H24N4S2. The summed E-state index contributed by atoms with van der Waals surface area (Å²) in [5, 5.41) is 6.69. The normalized spacial score (nSPS) is 11.6. The minimum atomic E-state index is 0.674. The van der Waals surface area contributed by atoms with E-state index < -0.39 is 0 Å². The second-order valence-corrected chi connectivity index (χ2v) is 7.01. The second kappa shape index (κ2) is 8.93. The van der Waals surface area contributed by atoms with Gasteiger partial charge in [-0.3, -0.25) is 0 Å². The Bertz CT molecular complexity index is 664. The van der Waals surface area contributed by atoms with Gasteiger partial charge in [-0.2, -0.15) is 0 Å². The van der Waals surface area contributed by atoms with Gasteiger partial charge in [-0.05, 0) is 44.2 Å². The highest BCUT2D eigenvalue weighted by Crippen LogP contribution is 2.22. The van der Waals surface area contributed by atoms with E-state index >= 15 is 0 Å². The van der Waals surface area contributed by atoms with E-state index in [2.05, 4.69) is 53.9 Å². The smallest absolute Gasteiger partial charge is 0.191 e. The third kappa shape index (κ3) is 5.25. The van der Waals surface area contributed by atoms with Crippen molar-refractivity contribution >= 4 is 29.1 Å². The summed E-state index contributed by atoms with van der Waals surface area (Å²) in [6.07, 6.45) is 2.11. The number of aliphatic imine (C=N–C) groups is 1. The van der Waals surface area contributed by atoms with Gasteiger partial charge in [-0.25, -0.2) is 9.98 Å². The maximum absolute atomic E-state index is 4.72. The van der Waals surface area contributed by atoms with Crippen molar-refractivity contribution in [3.63, 3.8) is 0 Å². The molecule has 0 spiro atoms. The quantitative estimate of drug-likeness (QED) is 0.474. The third-order valence-electron chi connectivity index (χ3n) is 3.46. The maximum Gasteiger partial charge on any atom is 0.191 e. The molecule has 1 heterocycles. The van der Waals surface area contributed by atoms with Gasteiger partial charge in [0.05, 0.1) is 24.3 Å². The molecule has 0 bridgehead atoms. The lowest BCUT2D eigenvalue weighted by Gasteiger charge is -2.12. The first-order chi connectivity index (χ1) is 11.1. The number of thiazole rings is 1. The van der Waals surface area contributed by atoms with Crippen molar-refractivity contribution in [3.8, 4) is 0 Å². The highest BCUT2D eigenvalue weighted by Gasteiger charge is 2.05. The Hall–Kier alpha value is -1.53. The van der Waals surface area contributed by atoms with Crippen molar-refractivity contribution in [2.24, 2.45) is 4.99 Å². The number of nitrogens with zero attached hydrogens (tertiary/aromatic N) is 2. The van der Waals surface area contributed by atoms with Crippen LogP contribution in [0.1, 0.15) is 28.6 Å². The predicted molar refractivity (Wildman–Crippen MR) is 101 cm³/mol. The molecule has 0 amide bonds. The molecule has 2 N–H and O–H groups in total. The number of thioether (sulfide) groups is 1. The summed E-state index contributed by atoms with van der Waals surface area (Å²) >= 11 is 3.44. The number of guanidine groups is 1. The Balaban J connectivity index is 2.05. The summed E-state index contributed by atoms with van der Waals surface area (Å²) in [6, 6.07) is 6.53. The summed E-state index contributed by atoms with van der Waals surface area (Å²) in [7, 11) is 0. The molecule has 0 saturated heterocycles. The number of rotatable bonds is 6. The fourth-order valence-corrected chi connectivity index (χ4v) is 3.56. The summed E-state index contributed by atoms with van der Waals surface area (Å²) in [5.41, 5.74) is 5.51. The zero-order chi connectivity index (χ0) is 16.7. The second-order valence-electron chi connectivity index (χ2n) is 5.22. The molecule has 2 rings (SSSR count). The van der Waals surface area contributed by atoms with Gasteiger partial charge in [0.2, 0.25) is 0 Å². The standard InChI is InChI=1S/C17H24N4S2/c1-5-18-17(20-10-16-13(3)21-11-23-16)19-9-14-7-6-12(2)8-15(14)22-4/h6-8,11H,5,9-10H2,1-4H3,(H2,18,19,20). The number of nitrogens with one attached hydrogen (secondary N) is 2. The number of hydrogen-bond acceptors (Lipinski definition) is 4. The first-order valence-electron chi connectivity index (χ1n) is 7.68. The molecule has 0 fully saturated rings. The Kier molecular flexibility index (Phi) is 6.92. The van der Waals surface area contributed by atoms with Gasteiger partial charge in [0.1, 0.15) is 0 Å². The molecule has 124 valence electrons. The van der Waals surface area contributed by atoms with E-state index in [9.17, 15) is 0 Å². The molecule has 0 aliphatic heterocycles. The molecule has 0 radical (unpaired) electrons. The topological polar surface area (TPSA) is 49.3 Å². The molecule has 23 heavy (non-hydrogen) atoms. The van der Waals surface area contributed by atoms with Crippen LogP contribution in [-0.4, -0.2) is 23.7 Å². The zero-order valence-electron chi connectivity index (χ0n) is 14.1. The van der Waals surface area contributed by atoms with Crippen LogP contribution in [0.2, 0.25) is 0 Å². The van der Waals surface area contributed by atoms with Gasteiger partial charge in [-0.15, -0.1) is 23.1 Å². The Morgan fingerprint density at radius 2 is 2.13 bits per heavy atom. The van der Waals surface area contributed by atoms with Gasteiger partial charge < -0.3 is 10.6 Å². The van der Waals surface area contributed by atoms with Crippen LogP contribution in [0.3, 0.4) is 0 Å². The van der Waals surface area contributed by atoms with Crippen molar-refractivity contribution in [1.82, 2.24) is 15.6 Å². The SMILES string of the molecule is CCNC(=NCc1ccc(C)cc1SC)NCc1scnc1C. The minimum absolute atomic E-state index is 0.674. The van der Waals surface area contributed by atoms with Crippen molar-refractivity contribution in [1.29, 1.82) is 0 Å². The maximum atomic E-state index is 4.72. The lowest BCUT2D eigenvalue weighted by Crippen LogP contribution is -2.36. The van der Waals surface area contributed by atoms with E-state index in [0.717, 1.165) is 24.7 Å². The van der Waals surface area contributed by atoms with E-state index in [1.54, 1.807) is 23.1 Å². The van der Waals surface area contributed by atoms with Crippen LogP contribution in [0, 0.1) is 13.8 Å². The van der Waals surface area contributed by atoms with E-state index in [-0.39, 0.29) is 0 Å². The summed E-state index contributed by atoms with van der Waals surface area (Å²) < 4.78 is 0. The molecule has 4 nitrogen and oxygen atoms in total. The highest BCUT2D eigenvalue weighted by atomic mass is 32.2. The summed E-state index contributed by atoms with van der Waals surface area (Å²) in [4.78, 5) is 11.5. The van der Waals surface area contributed by atoms with Gasteiger partial charge in [-0.1, -0.05) is 12.1 Å². The Labute approximate surface area is 146 Å². The lowest BCUT2D eigenvalue weighted by molar-refractivity contribution is 0.816. The van der Waals surface area contributed by atoms with E-state index in [0.29, 0.717) is 6.54 Å². The van der Waals surface area contributed by atoms with Gasteiger partial charge >= 0.3 is 0 Å². The van der Waals surface area contributed by atoms with Crippen molar-refractivity contribution < 1.29 is 0 Å². The largest absolute Gasteiger partial charge is 0.357 e. The van der Waals surface area contributed by atoms with Crippen LogP contribution < -0.4 is 10.6 Å². The van der Waals surface area contributed by atoms with E-state index in [1.165, 1.54) is 20.9 Å². The molecule has 0 atom stereocenters. The molecule has 0 unspecified atom stereocenters. The Morgan fingerprint density at radius 3 is 2.78 bits per heavy atom. The average molecular weight is 349 g/mol. The van der Waals surface area contributed by atoms with Crippen molar-refractivity contribution in [3.05, 3.63) is 45.4 Å². The Morgan fingerprint density at radius 1 is 1.30 bits per heavy atom. The fourth-order valence-electron chi connectivity index (χ4n) is 2.15. The predicted octanol–water partition coefficient (Wildman–Crippen LogP) is 3.74. The first kappa shape index (κ1) is 17.8. The van der Waals surface area contributed by atoms with E-state index in [1.807, 2.05) is 12.4 Å². The van der Waals surface area contributed by atoms with Gasteiger partial charge in [0.15, 0.2) is 5.96 Å². The van der Waals surface area contributed by atoms with E-state index in [4.69, 9.17) is 4.99 Å². The zero-order valence-corrected chi connectivity index (χ0v) is 15.8. The summed E-state index contributed by atoms with van der Waals surface area (Å²) in [5.74, 6) is 0.841. The average Bonchev–Trinajstić information content (AvgIpc) is 2.96. The molecule has 1 aromatic carbocycles. The molecule has 0 aliphatic rings. The van der Waals surface area contributed by atoms with Crippen molar-refractivity contribution in [2.45, 2.75) is 38.8 Å². The highest BCUT2D eigenvalue weighted by molar-refractivity contribution is 7.98.